The van der Waals surface area contributed by atoms with Gasteiger partial charge in [-0.25, -0.2) is 0 Å². The maximum absolute atomic E-state index is 12.7. The van der Waals surface area contributed by atoms with Gasteiger partial charge in [-0.05, 0) is 44.1 Å². The Morgan fingerprint density at radius 1 is 1.45 bits per heavy atom. The molecule has 122 valence electrons. The van der Waals surface area contributed by atoms with Crippen molar-refractivity contribution in [1.29, 1.82) is 0 Å². The van der Waals surface area contributed by atoms with Gasteiger partial charge < -0.3 is 19.7 Å². The second-order valence-electron chi connectivity index (χ2n) is 5.45. The van der Waals surface area contributed by atoms with Crippen LogP contribution in [0.2, 0.25) is 5.02 Å². The lowest BCUT2D eigenvalue weighted by atomic mass is 10.1. The van der Waals surface area contributed by atoms with Crippen molar-refractivity contribution >= 4 is 17.5 Å². The molecule has 1 fully saturated rings. The minimum absolute atomic E-state index is 0.0199. The summed E-state index contributed by atoms with van der Waals surface area (Å²) in [6.45, 7) is 3.35. The number of ether oxygens (including phenoxy) is 2. The van der Waals surface area contributed by atoms with Crippen LogP contribution in [0.1, 0.15) is 16.8 Å². The molecule has 1 N–H and O–H groups in total. The molecule has 5 nitrogen and oxygen atoms in total. The van der Waals surface area contributed by atoms with Gasteiger partial charge in [0.25, 0.3) is 5.91 Å². The van der Waals surface area contributed by atoms with Crippen molar-refractivity contribution in [3.8, 4) is 5.75 Å². The SMILES string of the molecule is CNC[C@@H]1CCN(C(=O)c2cc(Cl)ccc2OCCOC)C1. The van der Waals surface area contributed by atoms with Crippen LogP contribution in [0.4, 0.5) is 0 Å². The first kappa shape index (κ1) is 17.1. The Kier molecular flexibility index (Phi) is 6.49. The molecular weight excluding hydrogens is 304 g/mol. The van der Waals surface area contributed by atoms with Gasteiger partial charge in [-0.2, -0.15) is 0 Å². The maximum Gasteiger partial charge on any atom is 0.257 e. The zero-order valence-electron chi connectivity index (χ0n) is 13.1. The molecule has 1 aliphatic heterocycles. The van der Waals surface area contributed by atoms with Crippen molar-refractivity contribution in [2.45, 2.75) is 6.42 Å². The first-order valence-corrected chi connectivity index (χ1v) is 7.88. The van der Waals surface area contributed by atoms with Crippen molar-refractivity contribution in [2.75, 3.05) is 47.0 Å². The zero-order valence-corrected chi connectivity index (χ0v) is 13.9. The van der Waals surface area contributed by atoms with E-state index in [2.05, 4.69) is 5.32 Å². The smallest absolute Gasteiger partial charge is 0.257 e. The monoisotopic (exact) mass is 326 g/mol. The Bertz CT molecular complexity index is 510. The van der Waals surface area contributed by atoms with Crippen molar-refractivity contribution in [2.24, 2.45) is 5.92 Å². The average molecular weight is 327 g/mol. The summed E-state index contributed by atoms with van der Waals surface area (Å²) in [7, 11) is 3.55. The Morgan fingerprint density at radius 3 is 3.00 bits per heavy atom. The molecule has 1 aromatic carbocycles. The molecule has 1 saturated heterocycles. The summed E-state index contributed by atoms with van der Waals surface area (Å²) in [5.74, 6) is 1.04. The predicted octanol–water partition coefficient (Wildman–Crippen LogP) is 2.05. The van der Waals surface area contributed by atoms with E-state index in [9.17, 15) is 4.79 Å². The van der Waals surface area contributed by atoms with Crippen molar-refractivity contribution in [3.63, 3.8) is 0 Å². The van der Waals surface area contributed by atoms with Crippen LogP contribution in [-0.2, 0) is 4.74 Å². The number of benzene rings is 1. The second-order valence-corrected chi connectivity index (χ2v) is 5.88. The lowest BCUT2D eigenvalue weighted by Crippen LogP contribution is -2.30. The summed E-state index contributed by atoms with van der Waals surface area (Å²) < 4.78 is 10.6. The molecule has 6 heteroatoms. The number of amides is 1. The highest BCUT2D eigenvalue weighted by Crippen LogP contribution is 2.27. The van der Waals surface area contributed by atoms with Crippen molar-refractivity contribution < 1.29 is 14.3 Å². The fraction of sp³-hybridized carbons (Fsp3) is 0.562. The van der Waals surface area contributed by atoms with E-state index in [0.717, 1.165) is 26.1 Å². The van der Waals surface area contributed by atoms with Crippen LogP contribution < -0.4 is 10.1 Å². The summed E-state index contributed by atoms with van der Waals surface area (Å²) in [6, 6.07) is 5.15. The van der Waals surface area contributed by atoms with Gasteiger partial charge in [0.1, 0.15) is 12.4 Å². The lowest BCUT2D eigenvalue weighted by molar-refractivity contribution is 0.0780. The molecule has 0 spiro atoms. The van der Waals surface area contributed by atoms with Gasteiger partial charge in [0.05, 0.1) is 12.2 Å². The molecule has 1 amide bonds. The van der Waals surface area contributed by atoms with Gasteiger partial charge in [0.15, 0.2) is 0 Å². The van der Waals surface area contributed by atoms with Gasteiger partial charge in [-0.3, -0.25) is 4.79 Å². The first-order valence-electron chi connectivity index (χ1n) is 7.51. The van der Waals surface area contributed by atoms with Crippen LogP contribution in [0.15, 0.2) is 18.2 Å². The topological polar surface area (TPSA) is 50.8 Å². The summed E-state index contributed by atoms with van der Waals surface area (Å²) in [4.78, 5) is 14.6. The molecule has 0 bridgehead atoms. The highest BCUT2D eigenvalue weighted by atomic mass is 35.5. The third kappa shape index (κ3) is 4.35. The van der Waals surface area contributed by atoms with E-state index in [1.165, 1.54) is 0 Å². The minimum Gasteiger partial charge on any atom is -0.490 e. The highest BCUT2D eigenvalue weighted by molar-refractivity contribution is 6.31. The van der Waals surface area contributed by atoms with Crippen LogP contribution in [0.25, 0.3) is 0 Å². The molecule has 1 aromatic rings. The van der Waals surface area contributed by atoms with Gasteiger partial charge in [-0.15, -0.1) is 0 Å². The molecule has 0 unspecified atom stereocenters. The Hall–Kier alpha value is -1.30. The van der Waals surface area contributed by atoms with E-state index in [0.29, 0.717) is 35.5 Å². The average Bonchev–Trinajstić information content (AvgIpc) is 2.97. The molecule has 1 aliphatic rings. The maximum atomic E-state index is 12.7. The fourth-order valence-electron chi connectivity index (χ4n) is 2.67. The number of carbonyl (C=O) groups is 1. The van der Waals surface area contributed by atoms with Crippen LogP contribution in [0.5, 0.6) is 5.75 Å². The molecule has 1 atom stereocenters. The summed E-state index contributed by atoms with van der Waals surface area (Å²) in [5, 5.41) is 3.70. The van der Waals surface area contributed by atoms with Crippen LogP contribution in [0.3, 0.4) is 0 Å². The molecule has 1 heterocycles. The minimum atomic E-state index is -0.0199. The quantitative estimate of drug-likeness (QED) is 0.779. The van der Waals surface area contributed by atoms with Gasteiger partial charge >= 0.3 is 0 Å². The normalized spacial score (nSPS) is 17.8. The molecule has 2 rings (SSSR count). The fourth-order valence-corrected chi connectivity index (χ4v) is 2.85. The molecule has 0 saturated carbocycles. The van der Waals surface area contributed by atoms with Gasteiger partial charge in [0.2, 0.25) is 0 Å². The number of rotatable bonds is 7. The molecule has 22 heavy (non-hydrogen) atoms. The van der Waals surface area contributed by atoms with E-state index >= 15 is 0 Å². The van der Waals surface area contributed by atoms with Crippen molar-refractivity contribution in [3.05, 3.63) is 28.8 Å². The zero-order chi connectivity index (χ0) is 15.9. The Balaban J connectivity index is 2.09. The van der Waals surface area contributed by atoms with Crippen LogP contribution in [-0.4, -0.2) is 57.8 Å². The number of methoxy groups -OCH3 is 1. The molecule has 0 radical (unpaired) electrons. The van der Waals surface area contributed by atoms with E-state index in [1.807, 2.05) is 11.9 Å². The number of nitrogens with one attached hydrogen (secondary N) is 1. The third-order valence-corrected chi connectivity index (χ3v) is 4.02. The second kappa shape index (κ2) is 8.36. The number of hydrogen-bond acceptors (Lipinski definition) is 4. The van der Waals surface area contributed by atoms with E-state index in [1.54, 1.807) is 25.3 Å². The summed E-state index contributed by atoms with van der Waals surface area (Å²) in [6.07, 6.45) is 1.02. The van der Waals surface area contributed by atoms with E-state index in [4.69, 9.17) is 21.1 Å². The highest BCUT2D eigenvalue weighted by Gasteiger charge is 2.28. The summed E-state index contributed by atoms with van der Waals surface area (Å²) >= 11 is 6.05. The number of carbonyl (C=O) groups excluding carboxylic acids is 1. The van der Waals surface area contributed by atoms with E-state index in [-0.39, 0.29) is 5.91 Å². The largest absolute Gasteiger partial charge is 0.490 e. The Labute approximate surface area is 136 Å². The number of likely N-dealkylation sites (tertiary alicyclic amines) is 1. The number of nitrogens with zero attached hydrogens (tertiary/aromatic N) is 1. The standard InChI is InChI=1S/C16H23ClN2O3/c1-18-10-12-5-6-19(11-12)16(20)14-9-13(17)3-4-15(14)22-8-7-21-2/h3-4,9,12,18H,5-8,10-11H2,1-2H3/t12-/m0/s1. The predicted molar refractivity (Wildman–Crippen MR) is 86.8 cm³/mol. The van der Waals surface area contributed by atoms with Gasteiger partial charge in [-0.1, -0.05) is 11.6 Å². The van der Waals surface area contributed by atoms with Gasteiger partial charge in [0, 0.05) is 25.2 Å². The molecule has 0 aromatic heterocycles. The lowest BCUT2D eigenvalue weighted by Gasteiger charge is -2.19. The Morgan fingerprint density at radius 2 is 2.27 bits per heavy atom. The number of hydrogen-bond donors (Lipinski definition) is 1. The van der Waals surface area contributed by atoms with Crippen LogP contribution in [0, 0.1) is 5.92 Å². The molecular formula is C16H23ClN2O3. The molecule has 0 aliphatic carbocycles. The first-order chi connectivity index (χ1) is 10.7. The number of halogens is 1. The summed E-state index contributed by atoms with van der Waals surface area (Å²) in [5.41, 5.74) is 0.522. The van der Waals surface area contributed by atoms with Crippen LogP contribution >= 0.6 is 11.6 Å². The van der Waals surface area contributed by atoms with E-state index < -0.39 is 0 Å². The third-order valence-electron chi connectivity index (χ3n) is 3.78. The van der Waals surface area contributed by atoms with Crippen molar-refractivity contribution in [1.82, 2.24) is 10.2 Å².